The lowest BCUT2D eigenvalue weighted by Gasteiger charge is -2.62. The standard InChI is InChI=1S/C37H44O6/c1-17(2)24-14-25(23-12-11-19(5)20(6)13-23)31(39)28-26(24)15-35(9)16-36(10)29(18(3)4)21(7)27(22(8)38)33(41)37(36,43)34(42)30(35)32(28)40/h11-14,17-18,29-30,39,43H,15-16H2,1-10H3/t29-,30?,35+,36+,37-/m1/s1. The lowest BCUT2D eigenvalue weighted by molar-refractivity contribution is -0.192. The number of aliphatic hydroxyl groups is 1. The molecule has 6 nitrogen and oxygen atoms in total. The Morgan fingerprint density at radius 3 is 2.14 bits per heavy atom. The minimum absolute atomic E-state index is 0.0300. The van der Waals surface area contributed by atoms with Crippen molar-refractivity contribution in [2.24, 2.45) is 28.6 Å². The molecule has 5 rings (SSSR count). The van der Waals surface area contributed by atoms with Crippen molar-refractivity contribution >= 4 is 23.1 Å². The molecular formula is C37H44O6. The number of fused-ring (bicyclic) bond motifs is 3. The highest BCUT2D eigenvalue weighted by molar-refractivity contribution is 6.33. The van der Waals surface area contributed by atoms with Crippen LogP contribution in [0.2, 0.25) is 0 Å². The predicted octanol–water partition coefficient (Wildman–Crippen LogP) is 6.63. The van der Waals surface area contributed by atoms with Gasteiger partial charge in [-0.3, -0.25) is 19.2 Å². The number of Topliss-reactive ketones (excluding diaryl/α,β-unsaturated/α-hetero) is 4. The van der Waals surface area contributed by atoms with Crippen molar-refractivity contribution in [1.29, 1.82) is 0 Å². The van der Waals surface area contributed by atoms with Crippen LogP contribution in [0.15, 0.2) is 35.4 Å². The minimum atomic E-state index is -2.54. The Balaban J connectivity index is 1.78. The van der Waals surface area contributed by atoms with Gasteiger partial charge in [0, 0.05) is 11.0 Å². The monoisotopic (exact) mass is 584 g/mol. The van der Waals surface area contributed by atoms with Crippen LogP contribution in [0, 0.1) is 42.4 Å². The first-order valence-corrected chi connectivity index (χ1v) is 15.4. The number of hydrogen-bond donors (Lipinski definition) is 2. The number of aryl methyl sites for hydroxylation is 2. The van der Waals surface area contributed by atoms with Gasteiger partial charge >= 0.3 is 0 Å². The fourth-order valence-electron chi connectivity index (χ4n) is 9.23. The van der Waals surface area contributed by atoms with Gasteiger partial charge in [-0.1, -0.05) is 65.3 Å². The molecule has 0 radical (unpaired) electrons. The van der Waals surface area contributed by atoms with Crippen LogP contribution >= 0.6 is 0 Å². The number of phenolic OH excluding ortho intramolecular Hbond substituents is 1. The Hall–Kier alpha value is -3.38. The molecule has 2 aromatic rings. The van der Waals surface area contributed by atoms with Crippen molar-refractivity contribution in [3.8, 4) is 16.9 Å². The first-order valence-electron chi connectivity index (χ1n) is 15.4. The van der Waals surface area contributed by atoms with Gasteiger partial charge in [0.15, 0.2) is 23.0 Å². The number of carbonyl (C=O) groups is 4. The van der Waals surface area contributed by atoms with Gasteiger partial charge in [-0.25, -0.2) is 0 Å². The lowest BCUT2D eigenvalue weighted by atomic mass is 9.40. The van der Waals surface area contributed by atoms with Crippen LogP contribution in [0.4, 0.5) is 0 Å². The maximum atomic E-state index is 14.7. The summed E-state index contributed by atoms with van der Waals surface area (Å²) in [6, 6.07) is 7.83. The van der Waals surface area contributed by atoms with Gasteiger partial charge in [0.2, 0.25) is 5.78 Å². The predicted molar refractivity (Wildman–Crippen MR) is 166 cm³/mol. The molecular weight excluding hydrogens is 540 g/mol. The summed E-state index contributed by atoms with van der Waals surface area (Å²) in [5.74, 6) is -4.85. The molecule has 1 fully saturated rings. The van der Waals surface area contributed by atoms with Gasteiger partial charge in [-0.05, 0) is 97.6 Å². The maximum Gasteiger partial charge on any atom is 0.206 e. The molecule has 228 valence electrons. The molecule has 0 spiro atoms. The zero-order valence-corrected chi connectivity index (χ0v) is 27.1. The second kappa shape index (κ2) is 9.82. The number of ketones is 4. The van der Waals surface area contributed by atoms with Crippen molar-refractivity contribution in [3.63, 3.8) is 0 Å². The van der Waals surface area contributed by atoms with Crippen LogP contribution in [0.3, 0.4) is 0 Å². The van der Waals surface area contributed by atoms with E-state index in [-0.39, 0.29) is 35.1 Å². The van der Waals surface area contributed by atoms with Gasteiger partial charge in [0.25, 0.3) is 0 Å². The average molecular weight is 585 g/mol. The highest BCUT2D eigenvalue weighted by Gasteiger charge is 2.73. The number of benzene rings is 2. The highest BCUT2D eigenvalue weighted by atomic mass is 16.3. The van der Waals surface area contributed by atoms with E-state index in [1.54, 1.807) is 13.8 Å². The van der Waals surface area contributed by atoms with Crippen molar-refractivity contribution in [1.82, 2.24) is 0 Å². The first kappa shape index (κ1) is 31.1. The van der Waals surface area contributed by atoms with Crippen molar-refractivity contribution in [3.05, 3.63) is 63.2 Å². The third-order valence-electron chi connectivity index (χ3n) is 11.0. The molecule has 0 amide bonds. The Bertz CT molecular complexity index is 1660. The number of allylic oxidation sites excluding steroid dienone is 1. The second-order valence-electron chi connectivity index (χ2n) is 14.6. The smallest absolute Gasteiger partial charge is 0.206 e. The van der Waals surface area contributed by atoms with Crippen molar-refractivity contribution in [2.45, 2.75) is 93.6 Å². The molecule has 0 heterocycles. The van der Waals surface area contributed by atoms with E-state index in [4.69, 9.17) is 0 Å². The summed E-state index contributed by atoms with van der Waals surface area (Å²) in [4.78, 5) is 56.1. The van der Waals surface area contributed by atoms with Crippen LogP contribution in [-0.2, 0) is 20.8 Å². The number of aromatic hydroxyl groups is 1. The van der Waals surface area contributed by atoms with Gasteiger partial charge in [0.05, 0.1) is 17.1 Å². The Morgan fingerprint density at radius 1 is 0.977 bits per heavy atom. The molecule has 1 saturated carbocycles. The molecule has 0 aliphatic heterocycles. The topological polar surface area (TPSA) is 109 Å². The molecule has 1 unspecified atom stereocenters. The first-order chi connectivity index (χ1) is 19.8. The molecule has 0 saturated heterocycles. The van der Waals surface area contributed by atoms with E-state index < -0.39 is 51.4 Å². The third kappa shape index (κ3) is 4.01. The van der Waals surface area contributed by atoms with E-state index in [1.165, 1.54) is 6.92 Å². The van der Waals surface area contributed by atoms with Crippen molar-refractivity contribution in [2.75, 3.05) is 0 Å². The minimum Gasteiger partial charge on any atom is -0.507 e. The van der Waals surface area contributed by atoms with Crippen LogP contribution in [-0.4, -0.2) is 38.9 Å². The molecule has 0 bridgehead atoms. The zero-order valence-electron chi connectivity index (χ0n) is 27.1. The third-order valence-corrected chi connectivity index (χ3v) is 11.0. The summed E-state index contributed by atoms with van der Waals surface area (Å²) in [5.41, 5.74) is 0.956. The van der Waals surface area contributed by atoms with E-state index >= 15 is 0 Å². The summed E-state index contributed by atoms with van der Waals surface area (Å²) < 4.78 is 0. The SMILES string of the molecule is CC(=O)C1=C(C)[C@@H](C(C)C)[C@]2(C)C[C@]3(C)Cc4c(C(C)C)cc(-c5ccc(C)c(C)c5)c(O)c4C(=O)C3C(=O)[C@]2(O)C1=O. The number of carbonyl (C=O) groups excluding carboxylic acids is 4. The van der Waals surface area contributed by atoms with E-state index in [9.17, 15) is 29.4 Å². The summed E-state index contributed by atoms with van der Waals surface area (Å²) in [5, 5.41) is 24.1. The van der Waals surface area contributed by atoms with Gasteiger partial charge in [0.1, 0.15) is 5.75 Å². The largest absolute Gasteiger partial charge is 0.507 e. The van der Waals surface area contributed by atoms with Crippen molar-refractivity contribution < 1.29 is 29.4 Å². The van der Waals surface area contributed by atoms with Gasteiger partial charge in [-0.2, -0.15) is 0 Å². The van der Waals surface area contributed by atoms with E-state index in [0.717, 1.165) is 27.8 Å². The summed E-state index contributed by atoms with van der Waals surface area (Å²) in [6.07, 6.45) is 0.568. The van der Waals surface area contributed by atoms with Crippen LogP contribution in [0.5, 0.6) is 5.75 Å². The van der Waals surface area contributed by atoms with E-state index in [1.807, 2.05) is 72.7 Å². The molecule has 3 aliphatic rings. The molecule has 0 aromatic heterocycles. The Kier molecular flexibility index (Phi) is 7.09. The molecule has 2 N–H and O–H groups in total. The quantitative estimate of drug-likeness (QED) is 0.308. The lowest BCUT2D eigenvalue weighted by Crippen LogP contribution is -2.73. The average Bonchev–Trinajstić information content (AvgIpc) is 2.87. The maximum absolute atomic E-state index is 14.7. The van der Waals surface area contributed by atoms with Crippen LogP contribution in [0.1, 0.15) is 100 Å². The number of phenols is 1. The Labute approximate surface area is 254 Å². The summed E-state index contributed by atoms with van der Waals surface area (Å²) in [6.45, 7) is 18.7. The van der Waals surface area contributed by atoms with Gasteiger partial charge in [-0.15, -0.1) is 0 Å². The summed E-state index contributed by atoms with van der Waals surface area (Å²) in [7, 11) is 0. The highest BCUT2D eigenvalue weighted by Crippen LogP contribution is 2.65. The zero-order chi connectivity index (χ0) is 32.1. The fraction of sp³-hybridized carbons (Fsp3) is 0.514. The normalized spacial score (nSPS) is 30.5. The second-order valence-corrected chi connectivity index (χ2v) is 14.6. The number of hydrogen-bond acceptors (Lipinski definition) is 6. The molecule has 2 aromatic carbocycles. The summed E-state index contributed by atoms with van der Waals surface area (Å²) >= 11 is 0. The fourth-order valence-corrected chi connectivity index (χ4v) is 9.23. The number of rotatable bonds is 4. The molecule has 3 aliphatic carbocycles. The van der Waals surface area contributed by atoms with Crippen LogP contribution in [0.25, 0.3) is 11.1 Å². The van der Waals surface area contributed by atoms with E-state index in [0.29, 0.717) is 17.6 Å². The van der Waals surface area contributed by atoms with Crippen LogP contribution < -0.4 is 0 Å². The molecule has 5 atom stereocenters. The Morgan fingerprint density at radius 2 is 1.60 bits per heavy atom. The van der Waals surface area contributed by atoms with E-state index in [2.05, 4.69) is 0 Å². The molecule has 6 heteroatoms. The molecule has 43 heavy (non-hydrogen) atoms. The van der Waals surface area contributed by atoms with Gasteiger partial charge < -0.3 is 10.2 Å².